The average molecular weight is 629 g/mol. The van der Waals surface area contributed by atoms with E-state index in [1.165, 1.54) is 10.4 Å². The molecule has 0 unspecified atom stereocenters. The van der Waals surface area contributed by atoms with Crippen molar-refractivity contribution in [2.24, 2.45) is 10.8 Å². The molecule has 0 spiro atoms. The quantitative estimate of drug-likeness (QED) is 0.211. The second-order valence-electron chi connectivity index (χ2n) is 14.8. The van der Waals surface area contributed by atoms with Crippen LogP contribution < -0.4 is 0 Å². The normalized spacial score (nSPS) is 11.1. The molecule has 0 aliphatic heterocycles. The lowest BCUT2D eigenvalue weighted by molar-refractivity contribution is 0.568. The highest BCUT2D eigenvalue weighted by atomic mass is 32.1. The molecule has 4 heterocycles. The number of nitrogens with zero attached hydrogens (tertiary/aromatic N) is 6. The topological polar surface area (TPSA) is 61.4 Å². The van der Waals surface area contributed by atoms with E-state index < -0.39 is 0 Å². The molecule has 244 valence electrons. The van der Waals surface area contributed by atoms with Crippen LogP contribution in [0.4, 0.5) is 0 Å². The minimum atomic E-state index is 0.115. The van der Waals surface area contributed by atoms with Gasteiger partial charge in [0.15, 0.2) is 0 Å². The van der Waals surface area contributed by atoms with Gasteiger partial charge in [-0.1, -0.05) is 59.4 Å². The van der Waals surface area contributed by atoms with Gasteiger partial charge in [-0.05, 0) is 75.4 Å². The van der Waals surface area contributed by atoms with Gasteiger partial charge in [-0.3, -0.25) is 4.68 Å². The molecule has 4 aromatic heterocycles. The fraction of sp³-hybridized carbons (Fsp3) is 0.526. The zero-order valence-corrected chi connectivity index (χ0v) is 30.7. The van der Waals surface area contributed by atoms with Crippen molar-refractivity contribution in [2.45, 2.75) is 120 Å². The summed E-state index contributed by atoms with van der Waals surface area (Å²) in [6.07, 6.45) is 16.3. The second-order valence-corrected chi connectivity index (χ2v) is 15.7. The number of hydrogen-bond donors (Lipinski definition) is 0. The summed E-state index contributed by atoms with van der Waals surface area (Å²) in [7, 11) is 0. The van der Waals surface area contributed by atoms with Crippen LogP contribution in [-0.4, -0.2) is 29.3 Å². The first kappa shape index (κ1) is 39.3. The van der Waals surface area contributed by atoms with Crippen molar-refractivity contribution in [2.75, 3.05) is 0 Å². The highest BCUT2D eigenvalue weighted by Crippen LogP contribution is 2.26. The molecule has 0 aliphatic rings. The molecule has 0 aromatic carbocycles. The zero-order valence-electron chi connectivity index (χ0n) is 29.8. The van der Waals surface area contributed by atoms with Crippen LogP contribution in [0.3, 0.4) is 0 Å². The standard InChI is InChI=1S/2C11H16N2.C8H12N2.C8H12S/c1-11(2,3)7-4-5-9-13-10-6-8-12-13;1-11(2,3)6-4-5-8-13-9-7-12-10-13;1-8(2,3)7-4-9-6-10-5-7;1-8(2,3)7-5-4-6-9-7/h6,8,10H,5,9H2,1-3H3;7,9-10H,5,8H2,1-3H3;4-6H,1-3H3;4-6H,1-3H3. The molecule has 0 fully saturated rings. The number of rotatable bonds is 4. The van der Waals surface area contributed by atoms with E-state index >= 15 is 0 Å². The van der Waals surface area contributed by atoms with Crippen LogP contribution in [0.1, 0.15) is 106 Å². The molecular formula is C38H56N6S. The first-order valence-corrected chi connectivity index (χ1v) is 16.5. The van der Waals surface area contributed by atoms with Crippen LogP contribution >= 0.6 is 11.3 Å². The third-order valence-electron chi connectivity index (χ3n) is 5.69. The fourth-order valence-electron chi connectivity index (χ4n) is 3.25. The summed E-state index contributed by atoms with van der Waals surface area (Å²) in [5.41, 5.74) is 1.92. The zero-order chi connectivity index (χ0) is 34.0. The molecule has 0 aliphatic carbocycles. The molecule has 4 aromatic rings. The minimum absolute atomic E-state index is 0.115. The van der Waals surface area contributed by atoms with Crippen LogP contribution in [0.5, 0.6) is 0 Å². The summed E-state index contributed by atoms with van der Waals surface area (Å²) in [6.45, 7) is 27.7. The lowest BCUT2D eigenvalue weighted by atomic mass is 9.89. The SMILES string of the molecule is CC(C)(C)C#CCCn1cccn1.CC(C)(C)C#CCCn1ccnc1.CC(C)(C)c1cccs1.CC(C)(C)c1cncnc1. The summed E-state index contributed by atoms with van der Waals surface area (Å²) in [5.74, 6) is 12.7. The van der Waals surface area contributed by atoms with Crippen LogP contribution in [-0.2, 0) is 23.9 Å². The number of aromatic nitrogens is 6. The molecule has 6 nitrogen and oxygen atoms in total. The van der Waals surface area contributed by atoms with Gasteiger partial charge < -0.3 is 4.57 Å². The fourth-order valence-corrected chi connectivity index (χ4v) is 4.07. The summed E-state index contributed by atoms with van der Waals surface area (Å²) in [5, 5.41) is 6.22. The van der Waals surface area contributed by atoms with Gasteiger partial charge in [-0.25, -0.2) is 15.0 Å². The number of hydrogen-bond acceptors (Lipinski definition) is 5. The number of aryl methyl sites for hydroxylation is 2. The van der Waals surface area contributed by atoms with E-state index in [0.717, 1.165) is 25.9 Å². The predicted molar refractivity (Wildman–Crippen MR) is 192 cm³/mol. The summed E-state index contributed by atoms with van der Waals surface area (Å²) in [6, 6.07) is 6.22. The van der Waals surface area contributed by atoms with Crippen molar-refractivity contribution in [3.8, 4) is 23.7 Å². The van der Waals surface area contributed by atoms with Crippen molar-refractivity contribution in [1.82, 2.24) is 29.3 Å². The van der Waals surface area contributed by atoms with E-state index in [-0.39, 0.29) is 16.2 Å². The van der Waals surface area contributed by atoms with Crippen LogP contribution in [0, 0.1) is 34.5 Å². The monoisotopic (exact) mass is 628 g/mol. The first-order valence-electron chi connectivity index (χ1n) is 15.6. The Bertz CT molecular complexity index is 1340. The van der Waals surface area contributed by atoms with Gasteiger partial charge in [0.2, 0.25) is 0 Å². The maximum Gasteiger partial charge on any atom is 0.115 e. The van der Waals surface area contributed by atoms with Gasteiger partial charge in [0, 0.05) is 72.3 Å². The Kier molecular flexibility index (Phi) is 16.6. The molecule has 0 radical (unpaired) electrons. The molecule has 0 saturated heterocycles. The van der Waals surface area contributed by atoms with Gasteiger partial charge >= 0.3 is 0 Å². The third-order valence-corrected chi connectivity index (χ3v) is 6.99. The molecule has 45 heavy (non-hydrogen) atoms. The van der Waals surface area contributed by atoms with E-state index in [0.29, 0.717) is 5.41 Å². The summed E-state index contributed by atoms with van der Waals surface area (Å²) < 4.78 is 3.94. The van der Waals surface area contributed by atoms with Crippen LogP contribution in [0.25, 0.3) is 0 Å². The Balaban J connectivity index is 0.000000303. The molecule has 0 N–H and O–H groups in total. The second kappa shape index (κ2) is 19.0. The third kappa shape index (κ3) is 20.8. The maximum atomic E-state index is 4.10. The van der Waals surface area contributed by atoms with Gasteiger partial charge in [0.25, 0.3) is 0 Å². The van der Waals surface area contributed by atoms with Crippen LogP contribution in [0.2, 0.25) is 0 Å². The molecule has 0 bridgehead atoms. The summed E-state index contributed by atoms with van der Waals surface area (Å²) >= 11 is 1.83. The Morgan fingerprint density at radius 2 is 1.29 bits per heavy atom. The molecule has 0 atom stereocenters. The van der Waals surface area contributed by atoms with Gasteiger partial charge in [-0.2, -0.15) is 5.10 Å². The highest BCUT2D eigenvalue weighted by molar-refractivity contribution is 7.10. The summed E-state index contributed by atoms with van der Waals surface area (Å²) in [4.78, 5) is 13.3. The van der Waals surface area contributed by atoms with E-state index in [2.05, 4.69) is 144 Å². The van der Waals surface area contributed by atoms with E-state index in [9.17, 15) is 0 Å². The van der Waals surface area contributed by atoms with Crippen molar-refractivity contribution in [3.05, 3.63) is 83.9 Å². The molecule has 7 heteroatoms. The Morgan fingerprint density at radius 1 is 0.689 bits per heavy atom. The van der Waals surface area contributed by atoms with Crippen molar-refractivity contribution in [3.63, 3.8) is 0 Å². The first-order chi connectivity index (χ1) is 20.9. The minimum Gasteiger partial charge on any atom is -0.337 e. The van der Waals surface area contributed by atoms with E-state index in [4.69, 9.17) is 0 Å². The van der Waals surface area contributed by atoms with E-state index in [1.807, 2.05) is 57.8 Å². The molecule has 0 amide bonds. The van der Waals surface area contributed by atoms with Crippen molar-refractivity contribution in [1.29, 1.82) is 0 Å². The largest absolute Gasteiger partial charge is 0.337 e. The van der Waals surface area contributed by atoms with Crippen LogP contribution in [0.15, 0.2) is 73.4 Å². The maximum absolute atomic E-state index is 4.10. The number of imidazole rings is 1. The van der Waals surface area contributed by atoms with Gasteiger partial charge in [0.1, 0.15) is 6.33 Å². The Hall–Kier alpha value is -3.68. The van der Waals surface area contributed by atoms with Gasteiger partial charge in [-0.15, -0.1) is 23.2 Å². The van der Waals surface area contributed by atoms with Gasteiger partial charge in [0.05, 0.1) is 12.9 Å². The van der Waals surface area contributed by atoms with Crippen molar-refractivity contribution >= 4 is 11.3 Å². The molecule has 0 saturated carbocycles. The lowest BCUT2D eigenvalue weighted by Gasteiger charge is -2.16. The predicted octanol–water partition coefficient (Wildman–Crippen LogP) is 9.47. The van der Waals surface area contributed by atoms with E-state index in [1.54, 1.807) is 18.7 Å². The van der Waals surface area contributed by atoms with Crippen molar-refractivity contribution < 1.29 is 0 Å². The number of thiophene rings is 1. The highest BCUT2D eigenvalue weighted by Gasteiger charge is 2.13. The Labute approximate surface area is 278 Å². The average Bonchev–Trinajstić information content (AvgIpc) is 3.73. The molecular weight excluding hydrogens is 573 g/mol. The smallest absolute Gasteiger partial charge is 0.115 e. The lowest BCUT2D eigenvalue weighted by Crippen LogP contribution is -2.11. The molecule has 4 rings (SSSR count). The Morgan fingerprint density at radius 3 is 1.67 bits per heavy atom.